The minimum Gasteiger partial charge on any atom is -0.337 e. The van der Waals surface area contributed by atoms with Crippen LogP contribution >= 0.6 is 0 Å². The molecule has 5 rings (SSSR count). The minimum absolute atomic E-state index is 0.701. The minimum atomic E-state index is 0.701. The van der Waals surface area contributed by atoms with E-state index in [2.05, 4.69) is 62.9 Å². The second kappa shape index (κ2) is 7.71. The van der Waals surface area contributed by atoms with Gasteiger partial charge in [0.05, 0.1) is 6.54 Å². The Morgan fingerprint density at radius 3 is 2.76 bits per heavy atom. The fourth-order valence-corrected chi connectivity index (χ4v) is 4.53. The summed E-state index contributed by atoms with van der Waals surface area (Å²) in [6, 6.07) is 11.6. The Morgan fingerprint density at radius 1 is 1.08 bits per heavy atom. The molecule has 3 aliphatic rings. The first-order chi connectivity index (χ1) is 12.3. The smallest absolute Gasteiger partial charge is 0.122 e. The summed E-state index contributed by atoms with van der Waals surface area (Å²) in [4.78, 5) is 9.95. The van der Waals surface area contributed by atoms with E-state index in [1.807, 2.05) is 6.20 Å². The third-order valence-electron chi connectivity index (χ3n) is 5.95. The topological polar surface area (TPSA) is 24.3 Å². The molecular formula is C21H30N4. The normalized spacial score (nSPS) is 24.5. The number of aromatic nitrogens is 2. The van der Waals surface area contributed by atoms with Crippen LogP contribution in [0.1, 0.15) is 30.7 Å². The summed E-state index contributed by atoms with van der Waals surface area (Å²) in [5, 5.41) is 0. The Bertz CT molecular complexity index is 666. The molecule has 3 aliphatic heterocycles. The standard InChI is InChI=1S/C21H30N4/c1-23-13-11-22-21(23)17-25-15-19-9-10-20(25)16-24(14-19)12-5-8-18-6-3-2-4-7-18/h2-4,6-7,11,13,19-20H,5,8-10,12,14-17H2,1H3. The van der Waals surface area contributed by atoms with E-state index in [1.165, 1.54) is 63.3 Å². The predicted octanol–water partition coefficient (Wildman–Crippen LogP) is 2.95. The van der Waals surface area contributed by atoms with Gasteiger partial charge in [0, 0.05) is 45.1 Å². The molecule has 0 amide bonds. The Hall–Kier alpha value is -1.65. The van der Waals surface area contributed by atoms with Gasteiger partial charge in [-0.3, -0.25) is 4.90 Å². The molecule has 4 heteroatoms. The first-order valence-electron chi connectivity index (χ1n) is 9.74. The van der Waals surface area contributed by atoms with Gasteiger partial charge in [0.15, 0.2) is 0 Å². The van der Waals surface area contributed by atoms with E-state index in [-0.39, 0.29) is 0 Å². The van der Waals surface area contributed by atoms with E-state index in [9.17, 15) is 0 Å². The van der Waals surface area contributed by atoms with Crippen LogP contribution in [-0.2, 0) is 20.0 Å². The van der Waals surface area contributed by atoms with Crippen molar-refractivity contribution in [2.24, 2.45) is 13.0 Å². The number of rotatable bonds is 6. The number of benzene rings is 1. The Morgan fingerprint density at radius 2 is 1.96 bits per heavy atom. The van der Waals surface area contributed by atoms with Crippen molar-refractivity contribution >= 4 is 0 Å². The summed E-state index contributed by atoms with van der Waals surface area (Å²) in [7, 11) is 2.11. The molecule has 2 bridgehead atoms. The van der Waals surface area contributed by atoms with Crippen LogP contribution < -0.4 is 0 Å². The van der Waals surface area contributed by atoms with Crippen LogP contribution in [-0.4, -0.2) is 51.6 Å². The third kappa shape index (κ3) is 4.13. The van der Waals surface area contributed by atoms with Gasteiger partial charge in [0.1, 0.15) is 5.82 Å². The van der Waals surface area contributed by atoms with Gasteiger partial charge in [0.25, 0.3) is 0 Å². The van der Waals surface area contributed by atoms with Gasteiger partial charge in [-0.2, -0.15) is 0 Å². The molecule has 1 aromatic carbocycles. The molecule has 2 unspecified atom stereocenters. The number of hydrogen-bond acceptors (Lipinski definition) is 3. The third-order valence-corrected chi connectivity index (χ3v) is 5.95. The van der Waals surface area contributed by atoms with Gasteiger partial charge in [-0.25, -0.2) is 4.98 Å². The summed E-state index contributed by atoms with van der Waals surface area (Å²) in [6.07, 6.45) is 9.19. The SMILES string of the molecule is Cn1ccnc1CN1CC2CCC1CN(CCCc1ccccc1)C2. The second-order valence-corrected chi connectivity index (χ2v) is 7.83. The zero-order valence-electron chi connectivity index (χ0n) is 15.3. The lowest BCUT2D eigenvalue weighted by Crippen LogP contribution is -2.43. The fraction of sp³-hybridized carbons (Fsp3) is 0.571. The molecule has 134 valence electrons. The number of fused-ring (bicyclic) bond motifs is 4. The Kier molecular flexibility index (Phi) is 5.18. The summed E-state index contributed by atoms with van der Waals surface area (Å²) in [6.45, 7) is 5.99. The highest BCUT2D eigenvalue weighted by Gasteiger charge is 2.34. The van der Waals surface area contributed by atoms with Crippen molar-refractivity contribution in [3.63, 3.8) is 0 Å². The second-order valence-electron chi connectivity index (χ2n) is 7.83. The maximum absolute atomic E-state index is 4.53. The first kappa shape index (κ1) is 16.8. The highest BCUT2D eigenvalue weighted by molar-refractivity contribution is 5.14. The van der Waals surface area contributed by atoms with Crippen LogP contribution in [0.5, 0.6) is 0 Å². The predicted molar refractivity (Wildman–Crippen MR) is 101 cm³/mol. The molecule has 0 aliphatic carbocycles. The monoisotopic (exact) mass is 338 g/mol. The van der Waals surface area contributed by atoms with Crippen molar-refractivity contribution in [3.05, 3.63) is 54.1 Å². The molecule has 4 heterocycles. The molecule has 0 saturated carbocycles. The lowest BCUT2D eigenvalue weighted by atomic mass is 9.95. The highest BCUT2D eigenvalue weighted by Crippen LogP contribution is 2.29. The van der Waals surface area contributed by atoms with Gasteiger partial charge >= 0.3 is 0 Å². The van der Waals surface area contributed by atoms with Gasteiger partial charge < -0.3 is 9.47 Å². The van der Waals surface area contributed by atoms with Crippen LogP contribution in [0.2, 0.25) is 0 Å². The number of piperidine rings is 1. The van der Waals surface area contributed by atoms with Gasteiger partial charge in [0.2, 0.25) is 0 Å². The van der Waals surface area contributed by atoms with Crippen LogP contribution in [0.4, 0.5) is 0 Å². The van der Waals surface area contributed by atoms with Gasteiger partial charge in [-0.15, -0.1) is 0 Å². The van der Waals surface area contributed by atoms with Gasteiger partial charge in [-0.05, 0) is 43.7 Å². The average molecular weight is 338 g/mol. The average Bonchev–Trinajstić information content (AvgIpc) is 2.84. The Balaban J connectivity index is 1.32. The van der Waals surface area contributed by atoms with Crippen LogP contribution in [0.25, 0.3) is 0 Å². The summed E-state index contributed by atoms with van der Waals surface area (Å²) >= 11 is 0. The van der Waals surface area contributed by atoms with E-state index in [0.717, 1.165) is 12.5 Å². The van der Waals surface area contributed by atoms with Gasteiger partial charge in [-0.1, -0.05) is 30.3 Å². The molecule has 0 N–H and O–H groups in total. The molecule has 4 nitrogen and oxygen atoms in total. The zero-order valence-corrected chi connectivity index (χ0v) is 15.3. The van der Waals surface area contributed by atoms with Crippen molar-refractivity contribution in [3.8, 4) is 0 Å². The molecule has 2 aromatic rings. The van der Waals surface area contributed by atoms with E-state index in [4.69, 9.17) is 0 Å². The molecule has 3 saturated heterocycles. The lowest BCUT2D eigenvalue weighted by Gasteiger charge is -2.35. The van der Waals surface area contributed by atoms with Crippen molar-refractivity contribution in [1.29, 1.82) is 0 Å². The van der Waals surface area contributed by atoms with Crippen molar-refractivity contribution in [2.45, 2.75) is 38.3 Å². The molecule has 0 spiro atoms. The van der Waals surface area contributed by atoms with E-state index in [1.54, 1.807) is 0 Å². The summed E-state index contributed by atoms with van der Waals surface area (Å²) in [5.74, 6) is 2.03. The molecular weight excluding hydrogens is 308 g/mol. The van der Waals surface area contributed by atoms with Crippen LogP contribution in [0, 0.1) is 5.92 Å². The number of aryl methyl sites for hydroxylation is 2. The van der Waals surface area contributed by atoms with Crippen LogP contribution in [0.15, 0.2) is 42.7 Å². The molecule has 3 fully saturated rings. The number of nitrogens with zero attached hydrogens (tertiary/aromatic N) is 4. The fourth-order valence-electron chi connectivity index (χ4n) is 4.53. The van der Waals surface area contributed by atoms with Crippen molar-refractivity contribution in [2.75, 3.05) is 26.2 Å². The van der Waals surface area contributed by atoms with Crippen LogP contribution in [0.3, 0.4) is 0 Å². The maximum Gasteiger partial charge on any atom is 0.122 e. The quantitative estimate of drug-likeness (QED) is 0.809. The number of hydrogen-bond donors (Lipinski definition) is 0. The summed E-state index contributed by atoms with van der Waals surface area (Å²) < 4.78 is 2.16. The van der Waals surface area contributed by atoms with Crippen molar-refractivity contribution < 1.29 is 0 Å². The molecule has 25 heavy (non-hydrogen) atoms. The summed E-state index contributed by atoms with van der Waals surface area (Å²) in [5.41, 5.74) is 1.47. The lowest BCUT2D eigenvalue weighted by molar-refractivity contribution is 0.119. The van der Waals surface area contributed by atoms with E-state index < -0.39 is 0 Å². The molecule has 2 atom stereocenters. The molecule has 1 aromatic heterocycles. The molecule has 0 radical (unpaired) electrons. The van der Waals surface area contributed by atoms with Crippen molar-refractivity contribution in [1.82, 2.24) is 19.4 Å². The van der Waals surface area contributed by atoms with E-state index >= 15 is 0 Å². The maximum atomic E-state index is 4.53. The largest absolute Gasteiger partial charge is 0.337 e. The van der Waals surface area contributed by atoms with E-state index in [0.29, 0.717) is 6.04 Å². The first-order valence-corrected chi connectivity index (χ1v) is 9.74. The zero-order chi connectivity index (χ0) is 17.1. The highest BCUT2D eigenvalue weighted by atomic mass is 15.3. The number of imidazole rings is 1. The Labute approximate surface area is 151 Å².